The highest BCUT2D eigenvalue weighted by atomic mass is 16.5. The average Bonchev–Trinajstić information content (AvgIpc) is 3.07. The Balaban J connectivity index is 1.73. The number of hydrogen-bond donors (Lipinski definition) is 3. The maximum absolute atomic E-state index is 11.8. The van der Waals surface area contributed by atoms with Crippen molar-refractivity contribution in [1.29, 1.82) is 0 Å². The number of urea groups is 1. The van der Waals surface area contributed by atoms with Gasteiger partial charge in [0.05, 0.1) is 19.3 Å². The first-order valence-corrected chi connectivity index (χ1v) is 8.28. The number of carbonyl (C=O) groups is 1. The first-order chi connectivity index (χ1) is 12.1. The molecule has 0 fully saturated rings. The van der Waals surface area contributed by atoms with Crippen molar-refractivity contribution in [2.24, 2.45) is 5.92 Å². The van der Waals surface area contributed by atoms with Gasteiger partial charge in [0.2, 0.25) is 0 Å². The standard InChI is InChI=1S/C17H25N5O3/c1-13(2)10-25-11-15(23)8-18-17(24)19-9-16-21-20-12-22(16)14-6-4-3-5-7-14/h3-7,12-13,15,23H,8-11H2,1-2H3,(H2,18,19,24). The zero-order valence-electron chi connectivity index (χ0n) is 14.6. The molecule has 0 saturated carbocycles. The third-order valence-electron chi connectivity index (χ3n) is 3.32. The normalized spacial score (nSPS) is 12.2. The molecule has 8 nitrogen and oxygen atoms in total. The number of carbonyl (C=O) groups excluding carboxylic acids is 1. The fourth-order valence-electron chi connectivity index (χ4n) is 2.11. The summed E-state index contributed by atoms with van der Waals surface area (Å²) in [5.74, 6) is 1.02. The fourth-order valence-corrected chi connectivity index (χ4v) is 2.11. The highest BCUT2D eigenvalue weighted by Crippen LogP contribution is 2.08. The third kappa shape index (κ3) is 6.52. The number of hydrogen-bond acceptors (Lipinski definition) is 5. The molecule has 1 aromatic heterocycles. The number of benzene rings is 1. The van der Waals surface area contributed by atoms with E-state index in [0.717, 1.165) is 5.69 Å². The molecule has 0 spiro atoms. The molecule has 0 bridgehead atoms. The van der Waals surface area contributed by atoms with Crippen LogP contribution in [0.2, 0.25) is 0 Å². The van der Waals surface area contributed by atoms with E-state index in [2.05, 4.69) is 20.8 Å². The van der Waals surface area contributed by atoms with Gasteiger partial charge >= 0.3 is 6.03 Å². The van der Waals surface area contributed by atoms with Crippen molar-refractivity contribution < 1.29 is 14.6 Å². The van der Waals surface area contributed by atoms with Crippen LogP contribution in [-0.2, 0) is 11.3 Å². The van der Waals surface area contributed by atoms with Crippen LogP contribution in [0.1, 0.15) is 19.7 Å². The monoisotopic (exact) mass is 347 g/mol. The van der Waals surface area contributed by atoms with Gasteiger partial charge in [0.1, 0.15) is 6.33 Å². The first kappa shape index (κ1) is 18.9. The summed E-state index contributed by atoms with van der Waals surface area (Å²) < 4.78 is 7.13. The molecule has 1 atom stereocenters. The van der Waals surface area contributed by atoms with Crippen molar-refractivity contribution in [3.05, 3.63) is 42.5 Å². The average molecular weight is 347 g/mol. The molecule has 0 aliphatic heterocycles. The predicted octanol–water partition coefficient (Wildman–Crippen LogP) is 1.10. The van der Waals surface area contributed by atoms with E-state index in [-0.39, 0.29) is 25.7 Å². The number of ether oxygens (including phenoxy) is 1. The van der Waals surface area contributed by atoms with Gasteiger partial charge in [0, 0.05) is 18.8 Å². The summed E-state index contributed by atoms with van der Waals surface area (Å²) in [5.41, 5.74) is 0.919. The number of aliphatic hydroxyl groups excluding tert-OH is 1. The van der Waals surface area contributed by atoms with E-state index in [4.69, 9.17) is 4.74 Å². The summed E-state index contributed by atoms with van der Waals surface area (Å²) in [5, 5.41) is 23.0. The smallest absolute Gasteiger partial charge is 0.315 e. The van der Waals surface area contributed by atoms with Crippen LogP contribution >= 0.6 is 0 Å². The van der Waals surface area contributed by atoms with Gasteiger partial charge in [-0.3, -0.25) is 4.57 Å². The number of amides is 2. The van der Waals surface area contributed by atoms with Gasteiger partial charge in [-0.2, -0.15) is 0 Å². The van der Waals surface area contributed by atoms with Crippen molar-refractivity contribution in [1.82, 2.24) is 25.4 Å². The number of para-hydroxylation sites is 1. The molecule has 1 aromatic carbocycles. The second kappa shape index (κ2) is 9.75. The zero-order valence-corrected chi connectivity index (χ0v) is 14.6. The molecule has 2 rings (SSSR count). The van der Waals surface area contributed by atoms with E-state index in [1.807, 2.05) is 44.2 Å². The SMILES string of the molecule is CC(C)COCC(O)CNC(=O)NCc1nncn1-c1ccccc1. The van der Waals surface area contributed by atoms with Gasteiger partial charge in [0.15, 0.2) is 5.82 Å². The van der Waals surface area contributed by atoms with Crippen molar-refractivity contribution in [3.8, 4) is 5.69 Å². The predicted molar refractivity (Wildman–Crippen MR) is 93.3 cm³/mol. The van der Waals surface area contributed by atoms with Crippen LogP contribution in [0.4, 0.5) is 4.79 Å². The molecule has 136 valence electrons. The van der Waals surface area contributed by atoms with Crippen LogP contribution < -0.4 is 10.6 Å². The minimum absolute atomic E-state index is 0.120. The van der Waals surface area contributed by atoms with Crippen molar-refractivity contribution in [3.63, 3.8) is 0 Å². The molecular weight excluding hydrogens is 322 g/mol. The molecule has 25 heavy (non-hydrogen) atoms. The molecule has 0 saturated heterocycles. The Hall–Kier alpha value is -2.45. The second-order valence-electron chi connectivity index (χ2n) is 6.10. The number of rotatable bonds is 9. The molecule has 3 N–H and O–H groups in total. The molecule has 2 amide bonds. The molecule has 0 aliphatic carbocycles. The lowest BCUT2D eigenvalue weighted by molar-refractivity contribution is 0.0272. The van der Waals surface area contributed by atoms with E-state index in [1.54, 1.807) is 10.9 Å². The van der Waals surface area contributed by atoms with Crippen molar-refractivity contribution in [2.45, 2.75) is 26.5 Å². The zero-order chi connectivity index (χ0) is 18.1. The lowest BCUT2D eigenvalue weighted by atomic mass is 10.2. The van der Waals surface area contributed by atoms with Gasteiger partial charge < -0.3 is 20.5 Å². The second-order valence-corrected chi connectivity index (χ2v) is 6.10. The fraction of sp³-hybridized carbons (Fsp3) is 0.471. The highest BCUT2D eigenvalue weighted by molar-refractivity contribution is 5.73. The van der Waals surface area contributed by atoms with Crippen LogP contribution in [-0.4, -0.2) is 51.8 Å². The van der Waals surface area contributed by atoms with Crippen molar-refractivity contribution >= 4 is 6.03 Å². The number of aliphatic hydroxyl groups is 1. The maximum atomic E-state index is 11.8. The van der Waals surface area contributed by atoms with Gasteiger partial charge in [-0.15, -0.1) is 10.2 Å². The summed E-state index contributed by atoms with van der Waals surface area (Å²) >= 11 is 0. The van der Waals surface area contributed by atoms with Gasteiger partial charge in [-0.05, 0) is 18.1 Å². The summed E-state index contributed by atoms with van der Waals surface area (Å²) in [4.78, 5) is 11.8. The lowest BCUT2D eigenvalue weighted by Crippen LogP contribution is -2.41. The molecule has 1 heterocycles. The van der Waals surface area contributed by atoms with Crippen LogP contribution in [0, 0.1) is 5.92 Å². The molecule has 0 radical (unpaired) electrons. The van der Waals surface area contributed by atoms with Crippen molar-refractivity contribution in [2.75, 3.05) is 19.8 Å². The van der Waals surface area contributed by atoms with Crippen LogP contribution in [0.3, 0.4) is 0 Å². The van der Waals surface area contributed by atoms with Gasteiger partial charge in [-0.1, -0.05) is 32.0 Å². The Labute approximate surface area is 147 Å². The Kier molecular flexibility index (Phi) is 7.36. The molecule has 2 aromatic rings. The highest BCUT2D eigenvalue weighted by Gasteiger charge is 2.10. The minimum Gasteiger partial charge on any atom is -0.389 e. The molecular formula is C17H25N5O3. The van der Waals surface area contributed by atoms with Gasteiger partial charge in [0.25, 0.3) is 0 Å². The Morgan fingerprint density at radius 3 is 2.72 bits per heavy atom. The van der Waals surface area contributed by atoms with Crippen LogP contribution in [0.5, 0.6) is 0 Å². The third-order valence-corrected chi connectivity index (χ3v) is 3.32. The maximum Gasteiger partial charge on any atom is 0.315 e. The Bertz CT molecular complexity index is 645. The first-order valence-electron chi connectivity index (χ1n) is 8.28. The summed E-state index contributed by atoms with van der Waals surface area (Å²) in [6.07, 6.45) is 0.859. The summed E-state index contributed by atoms with van der Waals surface area (Å²) in [7, 11) is 0. The topological polar surface area (TPSA) is 101 Å². The summed E-state index contributed by atoms with van der Waals surface area (Å²) in [6, 6.07) is 9.24. The van der Waals surface area contributed by atoms with E-state index in [9.17, 15) is 9.90 Å². The van der Waals surface area contributed by atoms with Crippen LogP contribution in [0.15, 0.2) is 36.7 Å². The number of aromatic nitrogens is 3. The van der Waals surface area contributed by atoms with Gasteiger partial charge in [-0.25, -0.2) is 4.79 Å². The summed E-state index contributed by atoms with van der Waals surface area (Å²) in [6.45, 7) is 5.19. The van der Waals surface area contributed by atoms with Crippen LogP contribution in [0.25, 0.3) is 5.69 Å². The van der Waals surface area contributed by atoms with E-state index < -0.39 is 6.10 Å². The molecule has 8 heteroatoms. The number of nitrogens with one attached hydrogen (secondary N) is 2. The quantitative estimate of drug-likeness (QED) is 0.630. The number of nitrogens with zero attached hydrogens (tertiary/aromatic N) is 3. The minimum atomic E-state index is -0.738. The lowest BCUT2D eigenvalue weighted by Gasteiger charge is -2.14. The Morgan fingerprint density at radius 2 is 2.00 bits per heavy atom. The van der Waals surface area contributed by atoms with E-state index >= 15 is 0 Å². The molecule has 0 aliphatic rings. The Morgan fingerprint density at radius 1 is 1.24 bits per heavy atom. The van der Waals surface area contributed by atoms with E-state index in [0.29, 0.717) is 18.3 Å². The van der Waals surface area contributed by atoms with E-state index in [1.165, 1.54) is 0 Å². The largest absolute Gasteiger partial charge is 0.389 e. The molecule has 1 unspecified atom stereocenters.